The highest BCUT2D eigenvalue weighted by Crippen LogP contribution is 2.32. The van der Waals surface area contributed by atoms with E-state index in [-0.39, 0.29) is 0 Å². The van der Waals surface area contributed by atoms with Crippen molar-refractivity contribution in [3.63, 3.8) is 0 Å². The van der Waals surface area contributed by atoms with Gasteiger partial charge in [-0.2, -0.15) is 0 Å². The lowest BCUT2D eigenvalue weighted by atomic mass is 9.91. The molecule has 0 saturated carbocycles. The maximum atomic E-state index is 5.44. The predicted octanol–water partition coefficient (Wildman–Crippen LogP) is 4.46. The summed E-state index contributed by atoms with van der Waals surface area (Å²) in [7, 11) is 1.75. The topological polar surface area (TPSA) is 9.23 Å². The maximum Gasteiger partial charge on any atom is 0.122 e. The third-order valence-corrected chi connectivity index (χ3v) is 2.97. The average molecular weight is 218 g/mol. The highest BCUT2D eigenvalue weighted by Gasteiger charge is 2.13. The van der Waals surface area contributed by atoms with Crippen molar-refractivity contribution in [3.05, 3.63) is 41.5 Å². The van der Waals surface area contributed by atoms with Crippen LogP contribution in [0.1, 0.15) is 43.7 Å². The Kier molecular flexibility index (Phi) is 5.10. The van der Waals surface area contributed by atoms with Gasteiger partial charge in [-0.3, -0.25) is 0 Å². The number of rotatable bonds is 5. The Morgan fingerprint density at radius 2 is 2.12 bits per heavy atom. The molecule has 0 saturated heterocycles. The number of benzene rings is 1. The predicted molar refractivity (Wildman–Crippen MR) is 70.2 cm³/mol. The zero-order chi connectivity index (χ0) is 12.0. The monoisotopic (exact) mass is 218 g/mol. The van der Waals surface area contributed by atoms with E-state index in [1.54, 1.807) is 7.11 Å². The molecule has 0 aliphatic carbocycles. The second-order valence-corrected chi connectivity index (χ2v) is 4.16. The van der Waals surface area contributed by atoms with Gasteiger partial charge in [-0.25, -0.2) is 0 Å². The van der Waals surface area contributed by atoms with Crippen LogP contribution < -0.4 is 4.74 Å². The highest BCUT2D eigenvalue weighted by atomic mass is 16.5. The van der Waals surface area contributed by atoms with Gasteiger partial charge in [0.25, 0.3) is 0 Å². The van der Waals surface area contributed by atoms with Gasteiger partial charge in [0.15, 0.2) is 0 Å². The summed E-state index contributed by atoms with van der Waals surface area (Å²) in [4.78, 5) is 0. The highest BCUT2D eigenvalue weighted by molar-refractivity contribution is 5.39. The van der Waals surface area contributed by atoms with E-state index in [1.165, 1.54) is 11.1 Å². The largest absolute Gasteiger partial charge is 0.496 e. The van der Waals surface area contributed by atoms with Gasteiger partial charge in [-0.05, 0) is 44.2 Å². The van der Waals surface area contributed by atoms with Gasteiger partial charge in [0.1, 0.15) is 5.75 Å². The van der Waals surface area contributed by atoms with Crippen LogP contribution in [0.2, 0.25) is 0 Å². The zero-order valence-corrected chi connectivity index (χ0v) is 10.8. The Labute approximate surface area is 99.1 Å². The molecule has 88 valence electrons. The fourth-order valence-electron chi connectivity index (χ4n) is 1.99. The quantitative estimate of drug-likeness (QED) is 0.663. The van der Waals surface area contributed by atoms with E-state index in [2.05, 4.69) is 51.1 Å². The fourth-order valence-corrected chi connectivity index (χ4v) is 1.99. The number of methoxy groups -OCH3 is 1. The molecule has 0 spiro atoms. The lowest BCUT2D eigenvalue weighted by molar-refractivity contribution is 0.404. The third-order valence-electron chi connectivity index (χ3n) is 2.97. The van der Waals surface area contributed by atoms with Gasteiger partial charge in [-0.1, -0.05) is 36.8 Å². The standard InChI is InChI=1S/C15H22O/c1-5-7-8-13(6-2)14-11-12(3)9-10-15(14)16-4/h5,7,9-11,13H,6,8H2,1-4H3/b7-5-. The molecule has 1 atom stereocenters. The van der Waals surface area contributed by atoms with Crippen LogP contribution in [0.3, 0.4) is 0 Å². The van der Waals surface area contributed by atoms with Crippen LogP contribution in [-0.2, 0) is 0 Å². The van der Waals surface area contributed by atoms with Crippen molar-refractivity contribution in [2.75, 3.05) is 7.11 Å². The average Bonchev–Trinajstić information content (AvgIpc) is 2.30. The SMILES string of the molecule is C/C=C\CC(CC)c1cc(C)ccc1OC. The van der Waals surface area contributed by atoms with Crippen molar-refractivity contribution in [1.82, 2.24) is 0 Å². The van der Waals surface area contributed by atoms with Gasteiger partial charge in [0.05, 0.1) is 7.11 Å². The molecule has 1 heteroatoms. The molecule has 1 rings (SSSR count). The van der Waals surface area contributed by atoms with Crippen LogP contribution in [-0.4, -0.2) is 7.11 Å². The minimum absolute atomic E-state index is 0.561. The lowest BCUT2D eigenvalue weighted by Crippen LogP contribution is -2.00. The molecule has 1 nitrogen and oxygen atoms in total. The fraction of sp³-hybridized carbons (Fsp3) is 0.467. The summed E-state index contributed by atoms with van der Waals surface area (Å²) in [6.07, 6.45) is 6.58. The number of aryl methyl sites for hydroxylation is 1. The molecule has 16 heavy (non-hydrogen) atoms. The first kappa shape index (κ1) is 12.8. The van der Waals surface area contributed by atoms with E-state index in [4.69, 9.17) is 4.74 Å². The van der Waals surface area contributed by atoms with Gasteiger partial charge < -0.3 is 4.74 Å². The molecule has 0 radical (unpaired) electrons. The minimum Gasteiger partial charge on any atom is -0.496 e. The van der Waals surface area contributed by atoms with E-state index < -0.39 is 0 Å². The van der Waals surface area contributed by atoms with E-state index in [9.17, 15) is 0 Å². The lowest BCUT2D eigenvalue weighted by Gasteiger charge is -2.17. The summed E-state index contributed by atoms with van der Waals surface area (Å²) in [6, 6.07) is 6.42. The van der Waals surface area contributed by atoms with Crippen LogP contribution in [0.15, 0.2) is 30.4 Å². The second-order valence-electron chi connectivity index (χ2n) is 4.16. The normalized spacial score (nSPS) is 13.0. The first-order valence-corrected chi connectivity index (χ1v) is 5.98. The van der Waals surface area contributed by atoms with Gasteiger partial charge in [0.2, 0.25) is 0 Å². The van der Waals surface area contributed by atoms with Crippen LogP contribution in [0.4, 0.5) is 0 Å². The van der Waals surface area contributed by atoms with Gasteiger partial charge >= 0.3 is 0 Å². The summed E-state index contributed by atoms with van der Waals surface area (Å²) in [5.41, 5.74) is 2.64. The maximum absolute atomic E-state index is 5.44. The van der Waals surface area contributed by atoms with E-state index in [0.29, 0.717) is 5.92 Å². The Morgan fingerprint density at radius 1 is 1.38 bits per heavy atom. The Balaban J connectivity index is 3.01. The first-order valence-electron chi connectivity index (χ1n) is 5.98. The van der Waals surface area contributed by atoms with Crippen LogP contribution in [0, 0.1) is 6.92 Å². The van der Waals surface area contributed by atoms with Crippen molar-refractivity contribution < 1.29 is 4.74 Å². The van der Waals surface area contributed by atoms with E-state index in [1.807, 2.05) is 0 Å². The number of hydrogen-bond acceptors (Lipinski definition) is 1. The molecule has 0 heterocycles. The molecule has 0 N–H and O–H groups in total. The van der Waals surface area contributed by atoms with Crippen LogP contribution in [0.5, 0.6) is 5.75 Å². The Hall–Kier alpha value is -1.24. The van der Waals surface area contributed by atoms with Crippen molar-refractivity contribution >= 4 is 0 Å². The second kappa shape index (κ2) is 6.37. The molecule has 0 bridgehead atoms. The summed E-state index contributed by atoms with van der Waals surface area (Å²) in [5.74, 6) is 1.58. The van der Waals surface area contributed by atoms with E-state index in [0.717, 1.165) is 18.6 Å². The van der Waals surface area contributed by atoms with Crippen molar-refractivity contribution in [2.45, 2.75) is 39.5 Å². The van der Waals surface area contributed by atoms with Gasteiger partial charge in [-0.15, -0.1) is 0 Å². The number of hydrogen-bond donors (Lipinski definition) is 0. The summed E-state index contributed by atoms with van der Waals surface area (Å²) >= 11 is 0. The van der Waals surface area contributed by atoms with Crippen molar-refractivity contribution in [3.8, 4) is 5.75 Å². The number of ether oxygens (including phenoxy) is 1. The van der Waals surface area contributed by atoms with Crippen molar-refractivity contribution in [2.24, 2.45) is 0 Å². The molecule has 1 aromatic carbocycles. The molecule has 0 fully saturated rings. The summed E-state index contributed by atoms with van der Waals surface area (Å²) in [6.45, 7) is 6.43. The van der Waals surface area contributed by atoms with E-state index >= 15 is 0 Å². The zero-order valence-electron chi connectivity index (χ0n) is 10.8. The molecule has 0 aliphatic rings. The Bertz CT molecular complexity index is 352. The molecule has 0 amide bonds. The summed E-state index contributed by atoms with van der Waals surface area (Å²) in [5, 5.41) is 0. The molecule has 1 unspecified atom stereocenters. The van der Waals surface area contributed by atoms with Crippen LogP contribution in [0.25, 0.3) is 0 Å². The number of allylic oxidation sites excluding steroid dienone is 2. The van der Waals surface area contributed by atoms with Crippen molar-refractivity contribution in [1.29, 1.82) is 0 Å². The third kappa shape index (κ3) is 3.13. The molecule has 0 aliphatic heterocycles. The molecular weight excluding hydrogens is 196 g/mol. The molecule has 0 aromatic heterocycles. The molecule has 1 aromatic rings. The minimum atomic E-state index is 0.561. The molecular formula is C15H22O. The summed E-state index contributed by atoms with van der Waals surface area (Å²) < 4.78 is 5.44. The smallest absolute Gasteiger partial charge is 0.122 e. The van der Waals surface area contributed by atoms with Gasteiger partial charge in [0, 0.05) is 0 Å². The first-order chi connectivity index (χ1) is 7.72. The van der Waals surface area contributed by atoms with Crippen LogP contribution >= 0.6 is 0 Å². The Morgan fingerprint density at radius 3 is 2.69 bits per heavy atom.